The van der Waals surface area contributed by atoms with E-state index in [4.69, 9.17) is 11.6 Å². The molecule has 0 atom stereocenters. The molecule has 0 bridgehead atoms. The lowest BCUT2D eigenvalue weighted by Crippen LogP contribution is -2.38. The maximum atomic E-state index is 12.1. The number of pyridine rings is 1. The summed E-state index contributed by atoms with van der Waals surface area (Å²) in [4.78, 5) is 19.1. The Bertz CT molecular complexity index is 559. The molecule has 0 radical (unpaired) electrons. The normalized spacial score (nSPS) is 10.3. The third-order valence-corrected chi connectivity index (χ3v) is 4.01. The Morgan fingerprint density at radius 3 is 2.85 bits per heavy atom. The van der Waals surface area contributed by atoms with Gasteiger partial charge in [0.05, 0.1) is 23.1 Å². The molecule has 0 aromatic carbocycles. The Labute approximate surface area is 127 Å². The van der Waals surface area contributed by atoms with Gasteiger partial charge in [-0.2, -0.15) is 0 Å². The van der Waals surface area contributed by atoms with Crippen LogP contribution < -0.4 is 5.32 Å². The number of urea groups is 1. The molecule has 0 aliphatic heterocycles. The summed E-state index contributed by atoms with van der Waals surface area (Å²) < 4.78 is 0.741. The monoisotopic (exact) mass is 309 g/mol. The second-order valence-electron chi connectivity index (χ2n) is 4.20. The summed E-state index contributed by atoms with van der Waals surface area (Å²) in [5.74, 6) is 0. The largest absolute Gasteiger partial charge is 0.332 e. The number of thiophene rings is 1. The van der Waals surface area contributed by atoms with Crippen molar-refractivity contribution in [3.8, 4) is 0 Å². The van der Waals surface area contributed by atoms with Gasteiger partial charge in [-0.1, -0.05) is 17.7 Å². The van der Waals surface area contributed by atoms with Crippen LogP contribution in [0.25, 0.3) is 0 Å². The molecule has 6 heteroatoms. The van der Waals surface area contributed by atoms with E-state index in [9.17, 15) is 4.79 Å². The number of rotatable bonds is 5. The minimum absolute atomic E-state index is 0.0947. The van der Waals surface area contributed by atoms with E-state index < -0.39 is 0 Å². The van der Waals surface area contributed by atoms with Gasteiger partial charge < -0.3 is 10.2 Å². The molecule has 20 heavy (non-hydrogen) atoms. The number of nitrogens with zero attached hydrogens (tertiary/aromatic N) is 2. The van der Waals surface area contributed by atoms with Crippen LogP contribution >= 0.6 is 22.9 Å². The highest BCUT2D eigenvalue weighted by molar-refractivity contribution is 7.16. The fourth-order valence-corrected chi connectivity index (χ4v) is 2.84. The Balaban J connectivity index is 1.89. The Hall–Kier alpha value is -1.59. The summed E-state index contributed by atoms with van der Waals surface area (Å²) in [6.45, 7) is 3.60. The van der Waals surface area contributed by atoms with Gasteiger partial charge in [-0.15, -0.1) is 11.3 Å². The number of halogens is 1. The molecule has 0 aliphatic carbocycles. The predicted molar refractivity (Wildman–Crippen MR) is 81.9 cm³/mol. The van der Waals surface area contributed by atoms with Crippen molar-refractivity contribution in [2.45, 2.75) is 20.0 Å². The summed E-state index contributed by atoms with van der Waals surface area (Å²) >= 11 is 7.39. The second-order valence-corrected chi connectivity index (χ2v) is 6.00. The zero-order valence-electron chi connectivity index (χ0n) is 11.2. The van der Waals surface area contributed by atoms with Crippen molar-refractivity contribution in [2.24, 2.45) is 0 Å². The smallest absolute Gasteiger partial charge is 0.318 e. The molecule has 1 N–H and O–H groups in total. The van der Waals surface area contributed by atoms with Crippen LogP contribution in [-0.4, -0.2) is 22.5 Å². The van der Waals surface area contributed by atoms with Crippen molar-refractivity contribution in [1.82, 2.24) is 15.2 Å². The van der Waals surface area contributed by atoms with Crippen LogP contribution in [0.3, 0.4) is 0 Å². The van der Waals surface area contributed by atoms with Gasteiger partial charge in [-0.25, -0.2) is 4.79 Å². The number of hydrogen-bond donors (Lipinski definition) is 1. The standard InChI is InChI=1S/C14H16ClN3OS/c1-2-18(10-12-6-7-13(15)20-12)14(19)17-9-11-5-3-4-8-16-11/h3-8H,2,9-10H2,1H3,(H,17,19). The molecule has 106 valence electrons. The summed E-state index contributed by atoms with van der Waals surface area (Å²) in [6, 6.07) is 9.34. The number of aromatic nitrogens is 1. The van der Waals surface area contributed by atoms with E-state index in [-0.39, 0.29) is 6.03 Å². The van der Waals surface area contributed by atoms with Crippen LogP contribution in [0.1, 0.15) is 17.5 Å². The molecule has 2 rings (SSSR count). The van der Waals surface area contributed by atoms with Crippen LogP contribution in [0, 0.1) is 0 Å². The summed E-state index contributed by atoms with van der Waals surface area (Å²) in [6.07, 6.45) is 1.72. The molecule has 0 unspecified atom stereocenters. The molecule has 0 spiro atoms. The van der Waals surface area contributed by atoms with Crippen LogP contribution in [0.2, 0.25) is 4.34 Å². The predicted octanol–water partition coefficient (Wildman–Crippen LogP) is 3.53. The minimum Gasteiger partial charge on any atom is -0.332 e. The van der Waals surface area contributed by atoms with Gasteiger partial charge in [0.2, 0.25) is 0 Å². The van der Waals surface area contributed by atoms with Crippen LogP contribution in [0.4, 0.5) is 4.79 Å². The SMILES string of the molecule is CCN(Cc1ccc(Cl)s1)C(=O)NCc1ccccn1. The van der Waals surface area contributed by atoms with Crippen LogP contribution in [0.5, 0.6) is 0 Å². The number of carbonyl (C=O) groups is 1. The molecule has 0 aliphatic rings. The van der Waals surface area contributed by atoms with Crippen molar-refractivity contribution in [2.75, 3.05) is 6.54 Å². The number of amides is 2. The highest BCUT2D eigenvalue weighted by Gasteiger charge is 2.12. The third-order valence-electron chi connectivity index (χ3n) is 2.79. The maximum absolute atomic E-state index is 12.1. The van der Waals surface area contributed by atoms with E-state index in [1.54, 1.807) is 11.1 Å². The van der Waals surface area contributed by atoms with Crippen molar-refractivity contribution in [3.63, 3.8) is 0 Å². The highest BCUT2D eigenvalue weighted by atomic mass is 35.5. The van der Waals surface area contributed by atoms with E-state index in [0.29, 0.717) is 19.6 Å². The topological polar surface area (TPSA) is 45.2 Å². The average Bonchev–Trinajstić information content (AvgIpc) is 2.88. The number of carbonyl (C=O) groups excluding carboxylic acids is 1. The second kappa shape index (κ2) is 7.26. The van der Waals surface area contributed by atoms with Gasteiger partial charge in [0.25, 0.3) is 0 Å². The molecule has 2 heterocycles. The third kappa shape index (κ3) is 4.21. The minimum atomic E-state index is -0.0947. The zero-order chi connectivity index (χ0) is 14.4. The van der Waals surface area contributed by atoms with E-state index in [0.717, 1.165) is 14.9 Å². The quantitative estimate of drug-likeness (QED) is 0.918. The van der Waals surface area contributed by atoms with Crippen molar-refractivity contribution >= 4 is 29.0 Å². The first kappa shape index (κ1) is 14.8. The maximum Gasteiger partial charge on any atom is 0.318 e. The first-order valence-corrected chi connectivity index (χ1v) is 7.55. The highest BCUT2D eigenvalue weighted by Crippen LogP contribution is 2.22. The average molecular weight is 310 g/mol. The van der Waals surface area contributed by atoms with Gasteiger partial charge in [0.1, 0.15) is 0 Å². The van der Waals surface area contributed by atoms with E-state index in [1.165, 1.54) is 11.3 Å². The van der Waals surface area contributed by atoms with Gasteiger partial charge in [-0.3, -0.25) is 4.98 Å². The summed E-state index contributed by atoms with van der Waals surface area (Å²) in [7, 11) is 0. The lowest BCUT2D eigenvalue weighted by atomic mass is 10.3. The van der Waals surface area contributed by atoms with Crippen molar-refractivity contribution in [3.05, 3.63) is 51.4 Å². The van der Waals surface area contributed by atoms with Crippen LogP contribution in [0.15, 0.2) is 36.5 Å². The van der Waals surface area contributed by atoms with Crippen LogP contribution in [-0.2, 0) is 13.1 Å². The number of nitrogens with one attached hydrogen (secondary N) is 1. The molecular formula is C14H16ClN3OS. The van der Waals surface area contributed by atoms with E-state index >= 15 is 0 Å². The fourth-order valence-electron chi connectivity index (χ4n) is 1.73. The summed E-state index contributed by atoms with van der Waals surface area (Å²) in [5, 5.41) is 2.87. The van der Waals surface area contributed by atoms with Gasteiger partial charge in [0.15, 0.2) is 0 Å². The Kier molecular flexibility index (Phi) is 5.38. The molecule has 2 amide bonds. The number of hydrogen-bond acceptors (Lipinski definition) is 3. The lowest BCUT2D eigenvalue weighted by molar-refractivity contribution is 0.198. The Morgan fingerprint density at radius 1 is 1.40 bits per heavy atom. The fraction of sp³-hybridized carbons (Fsp3) is 0.286. The molecular weight excluding hydrogens is 294 g/mol. The first-order valence-electron chi connectivity index (χ1n) is 6.36. The molecule has 0 saturated heterocycles. The molecule has 2 aromatic rings. The molecule has 4 nitrogen and oxygen atoms in total. The van der Waals surface area contributed by atoms with Crippen molar-refractivity contribution in [1.29, 1.82) is 0 Å². The lowest BCUT2D eigenvalue weighted by Gasteiger charge is -2.20. The first-order chi connectivity index (χ1) is 9.69. The van der Waals surface area contributed by atoms with Gasteiger partial charge >= 0.3 is 6.03 Å². The van der Waals surface area contributed by atoms with Gasteiger partial charge in [0, 0.05) is 17.6 Å². The zero-order valence-corrected chi connectivity index (χ0v) is 12.7. The molecule has 2 aromatic heterocycles. The van der Waals surface area contributed by atoms with E-state index in [1.807, 2.05) is 37.3 Å². The van der Waals surface area contributed by atoms with Crippen molar-refractivity contribution < 1.29 is 4.79 Å². The molecule has 0 saturated carbocycles. The Morgan fingerprint density at radius 2 is 2.25 bits per heavy atom. The summed E-state index contributed by atoms with van der Waals surface area (Å²) in [5.41, 5.74) is 0.844. The van der Waals surface area contributed by atoms with Gasteiger partial charge in [-0.05, 0) is 31.2 Å². The van der Waals surface area contributed by atoms with E-state index in [2.05, 4.69) is 10.3 Å². The molecule has 0 fully saturated rings.